The number of rotatable bonds is 6. The van der Waals surface area contributed by atoms with E-state index in [-0.39, 0.29) is 22.5 Å². The second-order valence-electron chi connectivity index (χ2n) is 8.63. The number of benzene rings is 1. The molecule has 1 aliphatic carbocycles. The first kappa shape index (κ1) is 23.6. The molecule has 0 atom stereocenters. The summed E-state index contributed by atoms with van der Waals surface area (Å²) in [6.07, 6.45) is -2.84. The number of piperazine rings is 1. The molecule has 2 fully saturated rings. The van der Waals surface area contributed by atoms with Crippen LogP contribution in [-0.2, 0) is 16.2 Å². The SMILES string of the molecule is O=S(=O)(Nc1ccc(C(F)(F)F)c(-c2ccccc2C2CC2)n1)c1cccc(N2CCNCC2)n1. The van der Waals surface area contributed by atoms with E-state index in [4.69, 9.17) is 0 Å². The summed E-state index contributed by atoms with van der Waals surface area (Å²) >= 11 is 0. The van der Waals surface area contributed by atoms with E-state index in [2.05, 4.69) is 20.0 Å². The van der Waals surface area contributed by atoms with Crippen LogP contribution in [0.3, 0.4) is 0 Å². The predicted octanol–water partition coefficient (Wildman–Crippen LogP) is 4.25. The first-order chi connectivity index (χ1) is 16.7. The summed E-state index contributed by atoms with van der Waals surface area (Å²) in [6, 6.07) is 13.4. The molecule has 1 saturated heterocycles. The molecular formula is C24H24F3N5O2S. The fourth-order valence-corrected chi connectivity index (χ4v) is 5.19. The Labute approximate surface area is 201 Å². The van der Waals surface area contributed by atoms with Crippen LogP contribution in [0, 0.1) is 0 Å². The molecule has 3 aromatic rings. The molecular weight excluding hydrogens is 479 g/mol. The van der Waals surface area contributed by atoms with Crippen molar-refractivity contribution in [2.45, 2.75) is 30.0 Å². The molecule has 1 saturated carbocycles. The summed E-state index contributed by atoms with van der Waals surface area (Å²) < 4.78 is 70.0. The van der Waals surface area contributed by atoms with Gasteiger partial charge < -0.3 is 10.2 Å². The Kier molecular flexibility index (Phi) is 6.14. The maximum atomic E-state index is 13.8. The lowest BCUT2D eigenvalue weighted by molar-refractivity contribution is -0.137. The monoisotopic (exact) mass is 503 g/mol. The van der Waals surface area contributed by atoms with Crippen molar-refractivity contribution in [2.75, 3.05) is 35.8 Å². The highest BCUT2D eigenvalue weighted by Gasteiger charge is 2.37. The summed E-state index contributed by atoms with van der Waals surface area (Å²) in [7, 11) is -4.18. The third-order valence-corrected chi connectivity index (χ3v) is 7.35. The van der Waals surface area contributed by atoms with Crippen molar-refractivity contribution in [1.82, 2.24) is 15.3 Å². The number of anilines is 2. The maximum absolute atomic E-state index is 13.8. The summed E-state index contributed by atoms with van der Waals surface area (Å²) in [5.74, 6) is 0.508. The zero-order valence-corrected chi connectivity index (χ0v) is 19.5. The first-order valence-electron chi connectivity index (χ1n) is 11.4. The molecule has 35 heavy (non-hydrogen) atoms. The van der Waals surface area contributed by atoms with Gasteiger partial charge in [0.25, 0.3) is 10.0 Å². The van der Waals surface area contributed by atoms with E-state index in [1.807, 2.05) is 4.90 Å². The fraction of sp³-hybridized carbons (Fsp3) is 0.333. The average Bonchev–Trinajstić information content (AvgIpc) is 3.69. The van der Waals surface area contributed by atoms with Crippen molar-refractivity contribution in [3.8, 4) is 11.3 Å². The second kappa shape index (κ2) is 9.12. The van der Waals surface area contributed by atoms with Gasteiger partial charge in [-0.05, 0) is 48.6 Å². The molecule has 2 aromatic heterocycles. The molecule has 1 aromatic carbocycles. The lowest BCUT2D eigenvalue weighted by Gasteiger charge is -2.28. The van der Waals surface area contributed by atoms with Gasteiger partial charge in [-0.1, -0.05) is 30.3 Å². The van der Waals surface area contributed by atoms with Crippen molar-refractivity contribution in [1.29, 1.82) is 0 Å². The van der Waals surface area contributed by atoms with Gasteiger partial charge in [-0.2, -0.15) is 21.6 Å². The third-order valence-electron chi connectivity index (χ3n) is 6.10. The van der Waals surface area contributed by atoms with Gasteiger partial charge >= 0.3 is 6.18 Å². The third kappa shape index (κ3) is 5.10. The molecule has 2 N–H and O–H groups in total. The first-order valence-corrected chi connectivity index (χ1v) is 12.8. The van der Waals surface area contributed by atoms with Crippen LogP contribution in [0.1, 0.15) is 29.9 Å². The fourth-order valence-electron chi connectivity index (χ4n) is 4.23. The number of pyridine rings is 2. The number of hydrogen-bond donors (Lipinski definition) is 2. The Morgan fingerprint density at radius 2 is 1.69 bits per heavy atom. The molecule has 0 bridgehead atoms. The van der Waals surface area contributed by atoms with Crippen LogP contribution in [0.4, 0.5) is 24.8 Å². The predicted molar refractivity (Wildman–Crippen MR) is 127 cm³/mol. The summed E-state index contributed by atoms with van der Waals surface area (Å²) in [4.78, 5) is 10.4. The number of hydrogen-bond acceptors (Lipinski definition) is 6. The number of nitrogens with one attached hydrogen (secondary N) is 2. The Balaban J connectivity index is 1.50. The zero-order chi connectivity index (χ0) is 24.6. The highest BCUT2D eigenvalue weighted by molar-refractivity contribution is 7.92. The average molecular weight is 504 g/mol. The number of aromatic nitrogens is 2. The van der Waals surface area contributed by atoms with Gasteiger partial charge in [-0.15, -0.1) is 0 Å². The number of alkyl halides is 3. The van der Waals surface area contributed by atoms with Gasteiger partial charge in [0.2, 0.25) is 0 Å². The molecule has 0 spiro atoms. The molecule has 0 amide bonds. The highest BCUT2D eigenvalue weighted by Crippen LogP contribution is 2.46. The quantitative estimate of drug-likeness (QED) is 0.523. The van der Waals surface area contributed by atoms with Crippen molar-refractivity contribution in [3.63, 3.8) is 0 Å². The summed E-state index contributed by atoms with van der Waals surface area (Å²) in [6.45, 7) is 2.90. The van der Waals surface area contributed by atoms with Crippen molar-refractivity contribution < 1.29 is 21.6 Å². The van der Waals surface area contributed by atoms with E-state index in [1.54, 1.807) is 36.4 Å². The minimum atomic E-state index is -4.64. The maximum Gasteiger partial charge on any atom is 0.418 e. The normalized spacial score (nSPS) is 16.8. The smallest absolute Gasteiger partial charge is 0.354 e. The van der Waals surface area contributed by atoms with Crippen LogP contribution in [0.25, 0.3) is 11.3 Å². The van der Waals surface area contributed by atoms with Gasteiger partial charge in [-0.3, -0.25) is 4.72 Å². The number of nitrogens with zero attached hydrogens (tertiary/aromatic N) is 3. The van der Waals surface area contributed by atoms with E-state index in [1.165, 1.54) is 6.07 Å². The second-order valence-corrected chi connectivity index (χ2v) is 10.3. The number of sulfonamides is 1. The Hall–Kier alpha value is -3.18. The standard InChI is InChI=1S/C24H24F3N5O2S/c25-24(26,27)19-10-11-20(29-23(19)18-5-2-1-4-17(18)16-8-9-16)31-35(33,34)22-7-3-6-21(30-22)32-14-12-28-13-15-32/h1-7,10-11,16,28H,8-9,12-15H2,(H,29,31). The van der Waals surface area contributed by atoms with Gasteiger partial charge in [-0.25, -0.2) is 9.97 Å². The number of halogens is 3. The molecule has 2 aliphatic rings. The van der Waals surface area contributed by atoms with Crippen LogP contribution in [0.2, 0.25) is 0 Å². The molecule has 0 unspecified atom stereocenters. The van der Waals surface area contributed by atoms with Crippen molar-refractivity contribution in [2.24, 2.45) is 0 Å². The van der Waals surface area contributed by atoms with Crippen LogP contribution in [0.15, 0.2) is 59.6 Å². The van der Waals surface area contributed by atoms with Gasteiger partial charge in [0.15, 0.2) is 5.03 Å². The highest BCUT2D eigenvalue weighted by atomic mass is 32.2. The van der Waals surface area contributed by atoms with E-state index in [0.29, 0.717) is 24.5 Å². The molecule has 0 radical (unpaired) electrons. The Bertz CT molecular complexity index is 1340. The van der Waals surface area contributed by atoms with Crippen molar-refractivity contribution in [3.05, 3.63) is 65.7 Å². The van der Waals surface area contributed by atoms with E-state index >= 15 is 0 Å². The topological polar surface area (TPSA) is 87.2 Å². The van der Waals surface area contributed by atoms with E-state index in [0.717, 1.165) is 43.6 Å². The minimum absolute atomic E-state index is 0.186. The van der Waals surface area contributed by atoms with Crippen LogP contribution >= 0.6 is 0 Å². The van der Waals surface area contributed by atoms with E-state index in [9.17, 15) is 21.6 Å². The largest absolute Gasteiger partial charge is 0.418 e. The van der Waals surface area contributed by atoms with Gasteiger partial charge in [0.1, 0.15) is 11.6 Å². The molecule has 184 valence electrons. The molecule has 1 aliphatic heterocycles. The summed E-state index contributed by atoms with van der Waals surface area (Å²) in [5, 5.41) is 3.00. The molecule has 5 rings (SSSR count). The van der Waals surface area contributed by atoms with Crippen LogP contribution in [-0.4, -0.2) is 44.6 Å². The zero-order valence-electron chi connectivity index (χ0n) is 18.7. The molecule has 7 nitrogen and oxygen atoms in total. The van der Waals surface area contributed by atoms with Gasteiger partial charge in [0, 0.05) is 31.7 Å². The molecule has 3 heterocycles. The lowest BCUT2D eigenvalue weighted by atomic mass is 9.97. The van der Waals surface area contributed by atoms with Crippen LogP contribution < -0.4 is 14.9 Å². The molecule has 11 heteroatoms. The minimum Gasteiger partial charge on any atom is -0.354 e. The van der Waals surface area contributed by atoms with Crippen LogP contribution in [0.5, 0.6) is 0 Å². The summed E-state index contributed by atoms with van der Waals surface area (Å²) in [5.41, 5.74) is -0.0480. The van der Waals surface area contributed by atoms with E-state index < -0.39 is 21.8 Å². The van der Waals surface area contributed by atoms with Crippen molar-refractivity contribution >= 4 is 21.7 Å². The van der Waals surface area contributed by atoms with Gasteiger partial charge in [0.05, 0.1) is 11.3 Å². The lowest BCUT2D eigenvalue weighted by Crippen LogP contribution is -2.44. The Morgan fingerprint density at radius 3 is 2.40 bits per heavy atom. The Morgan fingerprint density at radius 1 is 0.943 bits per heavy atom.